The van der Waals surface area contributed by atoms with Gasteiger partial charge >= 0.3 is 6.09 Å². The van der Waals surface area contributed by atoms with Crippen molar-refractivity contribution in [1.82, 2.24) is 4.90 Å². The van der Waals surface area contributed by atoms with Gasteiger partial charge in [0.2, 0.25) is 0 Å². The van der Waals surface area contributed by atoms with Crippen LogP contribution in [0.2, 0.25) is 5.02 Å². The first-order valence-electron chi connectivity index (χ1n) is 9.16. The quantitative estimate of drug-likeness (QED) is 0.842. The number of hydrogen-bond donors (Lipinski definition) is 1. The molecule has 4 nitrogen and oxygen atoms in total. The van der Waals surface area contributed by atoms with Crippen molar-refractivity contribution in [3.63, 3.8) is 0 Å². The number of likely N-dealkylation sites (N-methyl/N-ethyl adjacent to an activating group) is 1. The molecule has 26 heavy (non-hydrogen) atoms. The molecule has 0 saturated carbocycles. The van der Waals surface area contributed by atoms with Gasteiger partial charge in [-0.3, -0.25) is 4.90 Å². The Balaban J connectivity index is 1.72. The smallest absolute Gasteiger partial charge is 0.410 e. The molecule has 1 aliphatic heterocycles. The molecule has 1 atom stereocenters. The largest absolute Gasteiger partial charge is 0.445 e. The Labute approximate surface area is 160 Å². The zero-order chi connectivity index (χ0) is 18.4. The fraction of sp³-hybridized carbons (Fsp3) is 0.381. The van der Waals surface area contributed by atoms with E-state index >= 15 is 0 Å². The van der Waals surface area contributed by atoms with Crippen LogP contribution in [0, 0.1) is 0 Å². The maximum Gasteiger partial charge on any atom is 0.410 e. The molecule has 0 aliphatic carbocycles. The summed E-state index contributed by atoms with van der Waals surface area (Å²) < 4.78 is 5.53. The van der Waals surface area contributed by atoms with Crippen LogP contribution in [0.3, 0.4) is 0 Å². The van der Waals surface area contributed by atoms with E-state index in [9.17, 15) is 4.79 Å². The predicted octanol–water partition coefficient (Wildman–Crippen LogP) is 3.33. The molecule has 0 radical (unpaired) electrons. The average molecular weight is 374 g/mol. The number of ether oxygens (including phenoxy) is 1. The van der Waals surface area contributed by atoms with Crippen LogP contribution >= 0.6 is 11.6 Å². The molecule has 138 valence electrons. The Hall–Kier alpha value is -2.04. The second-order valence-electron chi connectivity index (χ2n) is 6.85. The van der Waals surface area contributed by atoms with Gasteiger partial charge in [-0.05, 0) is 17.2 Å². The van der Waals surface area contributed by atoms with Crippen molar-refractivity contribution in [2.24, 2.45) is 0 Å². The van der Waals surface area contributed by atoms with Crippen molar-refractivity contribution < 1.29 is 14.4 Å². The van der Waals surface area contributed by atoms with Crippen LogP contribution in [0.4, 0.5) is 4.79 Å². The molecule has 3 rings (SSSR count). The zero-order valence-electron chi connectivity index (χ0n) is 15.2. The summed E-state index contributed by atoms with van der Waals surface area (Å²) in [7, 11) is 1.80. The van der Waals surface area contributed by atoms with Crippen molar-refractivity contribution in [2.45, 2.75) is 25.5 Å². The predicted molar refractivity (Wildman–Crippen MR) is 103 cm³/mol. The number of amides is 1. The minimum Gasteiger partial charge on any atom is -0.445 e. The Bertz CT molecular complexity index is 717. The third-order valence-corrected chi connectivity index (χ3v) is 5.36. The maximum atomic E-state index is 12.7. The maximum absolute atomic E-state index is 12.7. The lowest BCUT2D eigenvalue weighted by Gasteiger charge is -2.30. The lowest BCUT2D eigenvalue weighted by atomic mass is 10.1. The van der Waals surface area contributed by atoms with E-state index in [2.05, 4.69) is 0 Å². The first-order chi connectivity index (χ1) is 12.6. The van der Waals surface area contributed by atoms with E-state index in [4.69, 9.17) is 16.3 Å². The molecule has 0 unspecified atom stereocenters. The van der Waals surface area contributed by atoms with Gasteiger partial charge in [0.05, 0.1) is 13.1 Å². The van der Waals surface area contributed by atoms with Crippen molar-refractivity contribution in [3.05, 3.63) is 70.7 Å². The number of carbonyl (C=O) groups is 1. The van der Waals surface area contributed by atoms with Crippen LogP contribution in [0.5, 0.6) is 0 Å². The Morgan fingerprint density at radius 1 is 1.12 bits per heavy atom. The van der Waals surface area contributed by atoms with Gasteiger partial charge in [0, 0.05) is 24.9 Å². The van der Waals surface area contributed by atoms with E-state index in [1.165, 1.54) is 17.7 Å². The summed E-state index contributed by atoms with van der Waals surface area (Å²) in [5, 5.41) is 0.693. The standard InChI is InChI=1S/C21H25ClN2O2/c1-23(21(25)26-16-17-9-3-2-4-10-17)20(15-24-13-7-8-14-24)18-11-5-6-12-19(18)22/h2-6,9-12,20H,7-8,13-16H2,1H3/p+1/t20-/m0/s1. The first kappa shape index (κ1) is 18.7. The van der Waals surface area contributed by atoms with E-state index in [0.29, 0.717) is 5.02 Å². The van der Waals surface area contributed by atoms with E-state index in [-0.39, 0.29) is 18.7 Å². The number of benzene rings is 2. The van der Waals surface area contributed by atoms with Crippen molar-refractivity contribution in [1.29, 1.82) is 0 Å². The van der Waals surface area contributed by atoms with Crippen molar-refractivity contribution in [2.75, 3.05) is 26.7 Å². The lowest BCUT2D eigenvalue weighted by molar-refractivity contribution is -0.890. The normalized spacial score (nSPS) is 15.6. The summed E-state index contributed by atoms with van der Waals surface area (Å²) in [6, 6.07) is 17.4. The monoisotopic (exact) mass is 373 g/mol. The van der Waals surface area contributed by atoms with Gasteiger partial charge in [0.1, 0.15) is 19.2 Å². The van der Waals surface area contributed by atoms with Crippen LogP contribution in [0.1, 0.15) is 30.0 Å². The Kier molecular flexibility index (Phi) is 6.53. The zero-order valence-corrected chi connectivity index (χ0v) is 15.9. The number of nitrogens with zero attached hydrogens (tertiary/aromatic N) is 1. The number of quaternary nitrogens is 1. The van der Waals surface area contributed by atoms with Gasteiger partial charge in [-0.25, -0.2) is 4.79 Å². The summed E-state index contributed by atoms with van der Waals surface area (Å²) >= 11 is 6.44. The van der Waals surface area contributed by atoms with Gasteiger partial charge in [-0.15, -0.1) is 0 Å². The van der Waals surface area contributed by atoms with Crippen LogP contribution in [-0.4, -0.2) is 37.7 Å². The topological polar surface area (TPSA) is 34.0 Å². The lowest BCUT2D eigenvalue weighted by Crippen LogP contribution is -3.10. The molecule has 5 heteroatoms. The number of rotatable bonds is 6. The summed E-state index contributed by atoms with van der Waals surface area (Å²) in [6.07, 6.45) is 2.16. The SMILES string of the molecule is CN(C(=O)OCc1ccccc1)[C@@H](C[NH+]1CCCC1)c1ccccc1Cl. The van der Waals surface area contributed by atoms with Crippen LogP contribution in [-0.2, 0) is 11.3 Å². The number of carbonyl (C=O) groups excluding carboxylic acids is 1. The Morgan fingerprint density at radius 2 is 1.77 bits per heavy atom. The molecule has 0 spiro atoms. The van der Waals surface area contributed by atoms with Gasteiger partial charge in [-0.2, -0.15) is 0 Å². The summed E-state index contributed by atoms with van der Waals surface area (Å²) in [5.41, 5.74) is 1.96. The van der Waals surface area contributed by atoms with E-state index in [0.717, 1.165) is 30.8 Å². The second-order valence-corrected chi connectivity index (χ2v) is 7.26. The minimum atomic E-state index is -0.322. The average Bonchev–Trinajstić information content (AvgIpc) is 3.18. The molecular weight excluding hydrogens is 348 g/mol. The summed E-state index contributed by atoms with van der Waals surface area (Å²) in [5.74, 6) is 0. The van der Waals surface area contributed by atoms with Crippen LogP contribution in [0.15, 0.2) is 54.6 Å². The molecular formula is C21H26ClN2O2+. The minimum absolute atomic E-state index is 0.0972. The van der Waals surface area contributed by atoms with Crippen LogP contribution in [0.25, 0.3) is 0 Å². The first-order valence-corrected chi connectivity index (χ1v) is 9.54. The Morgan fingerprint density at radius 3 is 2.46 bits per heavy atom. The molecule has 2 aromatic rings. The van der Waals surface area contributed by atoms with Crippen molar-refractivity contribution in [3.8, 4) is 0 Å². The molecule has 1 fully saturated rings. The third kappa shape index (κ3) is 4.77. The molecule has 1 N–H and O–H groups in total. The molecule has 1 aliphatic rings. The molecule has 1 amide bonds. The van der Waals surface area contributed by atoms with E-state index in [1.807, 2.05) is 54.6 Å². The second kappa shape index (κ2) is 9.06. The number of halogens is 1. The highest BCUT2D eigenvalue weighted by Gasteiger charge is 2.30. The fourth-order valence-electron chi connectivity index (χ4n) is 3.50. The third-order valence-electron chi connectivity index (χ3n) is 5.02. The highest BCUT2D eigenvalue weighted by atomic mass is 35.5. The summed E-state index contributed by atoms with van der Waals surface area (Å²) in [6.45, 7) is 3.41. The van der Waals surface area contributed by atoms with Crippen LogP contribution < -0.4 is 4.90 Å². The van der Waals surface area contributed by atoms with Gasteiger partial charge in [0.25, 0.3) is 0 Å². The highest BCUT2D eigenvalue weighted by Crippen LogP contribution is 2.26. The molecule has 1 saturated heterocycles. The molecule has 0 bridgehead atoms. The summed E-state index contributed by atoms with van der Waals surface area (Å²) in [4.78, 5) is 15.9. The number of nitrogens with one attached hydrogen (secondary N) is 1. The molecule has 0 aromatic heterocycles. The molecule has 1 heterocycles. The highest BCUT2D eigenvalue weighted by molar-refractivity contribution is 6.31. The van der Waals surface area contributed by atoms with Gasteiger partial charge in [0.15, 0.2) is 0 Å². The number of hydrogen-bond acceptors (Lipinski definition) is 2. The fourth-order valence-corrected chi connectivity index (χ4v) is 3.76. The van der Waals surface area contributed by atoms with E-state index in [1.54, 1.807) is 11.9 Å². The molecule has 2 aromatic carbocycles. The number of likely N-dealkylation sites (tertiary alicyclic amines) is 1. The van der Waals surface area contributed by atoms with Gasteiger partial charge < -0.3 is 9.64 Å². The van der Waals surface area contributed by atoms with E-state index < -0.39 is 0 Å². The van der Waals surface area contributed by atoms with Gasteiger partial charge in [-0.1, -0.05) is 60.1 Å². The van der Waals surface area contributed by atoms with Crippen molar-refractivity contribution >= 4 is 17.7 Å².